The van der Waals surface area contributed by atoms with Gasteiger partial charge in [0, 0.05) is 19.3 Å². The van der Waals surface area contributed by atoms with Crippen LogP contribution < -0.4 is 5.43 Å². The Kier molecular flexibility index (Phi) is 12.1. The number of carbonyl (C=O) groups excluding carboxylic acids is 2. The summed E-state index contributed by atoms with van der Waals surface area (Å²) in [7, 11) is 0. The Bertz CT molecular complexity index is 579. The van der Waals surface area contributed by atoms with Gasteiger partial charge in [0.15, 0.2) is 0 Å². The molecule has 0 spiro atoms. The lowest BCUT2D eigenvalue weighted by atomic mass is 10.0. The average Bonchev–Trinajstić information content (AvgIpc) is 2.67. The van der Waals surface area contributed by atoms with Crippen molar-refractivity contribution in [1.82, 2.24) is 5.43 Å². The molecular formula is C23H36N2O2. The van der Waals surface area contributed by atoms with Crippen LogP contribution in [0, 0.1) is 5.92 Å². The molecule has 1 aromatic carbocycles. The molecule has 0 aliphatic rings. The van der Waals surface area contributed by atoms with Gasteiger partial charge in [-0.2, -0.15) is 5.10 Å². The Hall–Kier alpha value is -1.97. The van der Waals surface area contributed by atoms with Gasteiger partial charge in [-0.3, -0.25) is 9.59 Å². The SMILES string of the molecule is CCC(=O)CCCC/C(=N/NC(=O)CCCCCC(C)C)c1ccccc1. The van der Waals surface area contributed by atoms with E-state index in [1.807, 2.05) is 37.3 Å². The van der Waals surface area contributed by atoms with E-state index in [9.17, 15) is 9.59 Å². The van der Waals surface area contributed by atoms with Gasteiger partial charge in [-0.1, -0.05) is 70.4 Å². The molecule has 1 aromatic rings. The van der Waals surface area contributed by atoms with Crippen LogP contribution in [0.15, 0.2) is 35.4 Å². The van der Waals surface area contributed by atoms with Gasteiger partial charge < -0.3 is 0 Å². The van der Waals surface area contributed by atoms with Crippen LogP contribution in [-0.4, -0.2) is 17.4 Å². The van der Waals surface area contributed by atoms with E-state index >= 15 is 0 Å². The van der Waals surface area contributed by atoms with E-state index in [0.717, 1.165) is 49.3 Å². The fourth-order valence-electron chi connectivity index (χ4n) is 2.89. The fraction of sp³-hybridized carbons (Fsp3) is 0.609. The number of unbranched alkanes of at least 4 members (excludes halogenated alkanes) is 3. The molecule has 0 aliphatic carbocycles. The van der Waals surface area contributed by atoms with Crippen LogP contribution in [0.5, 0.6) is 0 Å². The molecule has 0 atom stereocenters. The van der Waals surface area contributed by atoms with Crippen LogP contribution in [0.4, 0.5) is 0 Å². The summed E-state index contributed by atoms with van der Waals surface area (Å²) in [6.07, 6.45) is 8.67. The van der Waals surface area contributed by atoms with Crippen LogP contribution >= 0.6 is 0 Å². The molecule has 0 bridgehead atoms. The molecule has 0 fully saturated rings. The van der Waals surface area contributed by atoms with Crippen LogP contribution in [0.2, 0.25) is 0 Å². The number of amides is 1. The molecule has 150 valence electrons. The van der Waals surface area contributed by atoms with Crippen LogP contribution in [0.3, 0.4) is 0 Å². The molecule has 1 rings (SSSR count). The summed E-state index contributed by atoms with van der Waals surface area (Å²) in [6.45, 7) is 6.35. The largest absolute Gasteiger partial charge is 0.300 e. The molecule has 4 nitrogen and oxygen atoms in total. The Labute approximate surface area is 164 Å². The van der Waals surface area contributed by atoms with Gasteiger partial charge >= 0.3 is 0 Å². The number of hydrogen-bond acceptors (Lipinski definition) is 3. The summed E-state index contributed by atoms with van der Waals surface area (Å²) < 4.78 is 0. The molecule has 0 saturated heterocycles. The molecule has 0 radical (unpaired) electrons. The quantitative estimate of drug-likeness (QED) is 0.260. The second kappa shape index (κ2) is 14.1. The first-order valence-corrected chi connectivity index (χ1v) is 10.5. The molecule has 27 heavy (non-hydrogen) atoms. The first-order chi connectivity index (χ1) is 13.0. The minimum Gasteiger partial charge on any atom is -0.300 e. The number of hydrogen-bond donors (Lipinski definition) is 1. The highest BCUT2D eigenvalue weighted by Gasteiger charge is 2.07. The number of nitrogens with zero attached hydrogens (tertiary/aromatic N) is 1. The Morgan fingerprint density at radius 2 is 1.59 bits per heavy atom. The third-order valence-corrected chi connectivity index (χ3v) is 4.62. The minimum atomic E-state index is -0.0193. The molecule has 0 saturated carbocycles. The summed E-state index contributed by atoms with van der Waals surface area (Å²) in [5, 5.41) is 4.39. The normalized spacial score (nSPS) is 11.6. The van der Waals surface area contributed by atoms with Gasteiger partial charge in [0.25, 0.3) is 0 Å². The Morgan fingerprint density at radius 1 is 0.926 bits per heavy atom. The topological polar surface area (TPSA) is 58.5 Å². The molecule has 0 heterocycles. The predicted molar refractivity (Wildman–Crippen MR) is 113 cm³/mol. The van der Waals surface area contributed by atoms with Crippen LogP contribution in [0.1, 0.15) is 90.5 Å². The lowest BCUT2D eigenvalue weighted by molar-refractivity contribution is -0.121. The van der Waals surface area contributed by atoms with E-state index < -0.39 is 0 Å². The van der Waals surface area contributed by atoms with Crippen molar-refractivity contribution < 1.29 is 9.59 Å². The molecule has 0 aliphatic heterocycles. The van der Waals surface area contributed by atoms with Crippen molar-refractivity contribution in [3.05, 3.63) is 35.9 Å². The zero-order valence-corrected chi connectivity index (χ0v) is 17.3. The number of nitrogens with one attached hydrogen (secondary N) is 1. The third kappa shape index (κ3) is 11.4. The summed E-state index contributed by atoms with van der Waals surface area (Å²) in [5.74, 6) is 1.01. The number of benzene rings is 1. The van der Waals surface area contributed by atoms with E-state index in [1.165, 1.54) is 12.8 Å². The first-order valence-electron chi connectivity index (χ1n) is 10.5. The zero-order valence-electron chi connectivity index (χ0n) is 17.3. The second-order valence-electron chi connectivity index (χ2n) is 7.55. The van der Waals surface area contributed by atoms with Crippen molar-refractivity contribution in [3.8, 4) is 0 Å². The van der Waals surface area contributed by atoms with Crippen LogP contribution in [0.25, 0.3) is 0 Å². The van der Waals surface area contributed by atoms with Crippen molar-refractivity contribution in [2.24, 2.45) is 11.0 Å². The smallest absolute Gasteiger partial charge is 0.240 e. The minimum absolute atomic E-state index is 0.0193. The molecule has 4 heteroatoms. The van der Waals surface area contributed by atoms with Crippen molar-refractivity contribution in [2.45, 2.75) is 85.0 Å². The summed E-state index contributed by atoms with van der Waals surface area (Å²) >= 11 is 0. The first kappa shape index (κ1) is 23.1. The van der Waals surface area contributed by atoms with E-state index in [2.05, 4.69) is 24.4 Å². The molecule has 0 aromatic heterocycles. The van der Waals surface area contributed by atoms with Crippen molar-refractivity contribution in [3.63, 3.8) is 0 Å². The zero-order chi connectivity index (χ0) is 19.9. The van der Waals surface area contributed by atoms with Gasteiger partial charge in [-0.05, 0) is 37.2 Å². The van der Waals surface area contributed by atoms with Gasteiger partial charge in [-0.25, -0.2) is 5.43 Å². The fourth-order valence-corrected chi connectivity index (χ4v) is 2.89. The predicted octanol–water partition coefficient (Wildman–Crippen LogP) is 5.65. The standard InChI is InChI=1S/C23H36N2O2/c1-4-21(26)16-11-12-17-22(20-14-8-6-9-15-20)24-25-23(27)18-10-5-7-13-19(2)3/h6,8-9,14-15,19H,4-5,7,10-13,16-18H2,1-3H3,(H,25,27)/b24-22-. The number of rotatable bonds is 14. The van der Waals surface area contributed by atoms with E-state index in [0.29, 0.717) is 25.0 Å². The van der Waals surface area contributed by atoms with Gasteiger partial charge in [0.2, 0.25) is 5.91 Å². The van der Waals surface area contributed by atoms with Crippen molar-refractivity contribution in [1.29, 1.82) is 0 Å². The van der Waals surface area contributed by atoms with Gasteiger partial charge in [-0.15, -0.1) is 0 Å². The Balaban J connectivity index is 2.47. The van der Waals surface area contributed by atoms with E-state index in [1.54, 1.807) is 0 Å². The van der Waals surface area contributed by atoms with Gasteiger partial charge in [0.05, 0.1) is 5.71 Å². The number of hydrazone groups is 1. The lowest BCUT2D eigenvalue weighted by Gasteiger charge is -2.08. The molecule has 1 amide bonds. The highest BCUT2D eigenvalue weighted by atomic mass is 16.2. The summed E-state index contributed by atoms with van der Waals surface area (Å²) in [6, 6.07) is 9.93. The number of ketones is 1. The number of Topliss-reactive ketones (excluding diaryl/α,β-unsaturated/α-hetero) is 1. The third-order valence-electron chi connectivity index (χ3n) is 4.62. The van der Waals surface area contributed by atoms with Crippen molar-refractivity contribution >= 4 is 17.4 Å². The second-order valence-corrected chi connectivity index (χ2v) is 7.55. The van der Waals surface area contributed by atoms with E-state index in [4.69, 9.17) is 0 Å². The number of carbonyl (C=O) groups is 2. The Morgan fingerprint density at radius 3 is 2.26 bits per heavy atom. The van der Waals surface area contributed by atoms with Gasteiger partial charge in [0.1, 0.15) is 5.78 Å². The average molecular weight is 373 g/mol. The maximum atomic E-state index is 12.1. The maximum Gasteiger partial charge on any atom is 0.240 e. The molecular weight excluding hydrogens is 336 g/mol. The highest BCUT2D eigenvalue weighted by Crippen LogP contribution is 2.11. The monoisotopic (exact) mass is 372 g/mol. The van der Waals surface area contributed by atoms with Crippen LogP contribution in [-0.2, 0) is 9.59 Å². The molecule has 1 N–H and O–H groups in total. The van der Waals surface area contributed by atoms with Crippen molar-refractivity contribution in [2.75, 3.05) is 0 Å². The maximum absolute atomic E-state index is 12.1. The van der Waals surface area contributed by atoms with E-state index in [-0.39, 0.29) is 5.91 Å². The lowest BCUT2D eigenvalue weighted by Crippen LogP contribution is -2.19. The highest BCUT2D eigenvalue weighted by molar-refractivity contribution is 6.01. The molecule has 0 unspecified atom stereocenters. The summed E-state index contributed by atoms with van der Waals surface area (Å²) in [5.41, 5.74) is 4.63. The summed E-state index contributed by atoms with van der Waals surface area (Å²) in [4.78, 5) is 23.5.